The van der Waals surface area contributed by atoms with Crippen LogP contribution in [0.4, 0.5) is 5.69 Å². The molecule has 0 bridgehead atoms. The van der Waals surface area contributed by atoms with Gasteiger partial charge in [0.1, 0.15) is 6.67 Å². The first-order valence-electron chi connectivity index (χ1n) is 5.91. The number of benzene rings is 1. The van der Waals surface area contributed by atoms with E-state index in [4.69, 9.17) is 0 Å². The Morgan fingerprint density at radius 3 is 2.44 bits per heavy atom. The first kappa shape index (κ1) is 12.4. The third-order valence-corrected chi connectivity index (χ3v) is 2.94. The summed E-state index contributed by atoms with van der Waals surface area (Å²) in [6.07, 6.45) is 3.56. The lowest BCUT2D eigenvalue weighted by atomic mass is 10.1. The predicted octanol–water partition coefficient (Wildman–Crippen LogP) is 2.51. The smallest absolute Gasteiger partial charge is 0.225 e. The van der Waals surface area contributed by atoms with Crippen molar-refractivity contribution in [3.63, 3.8) is 0 Å². The van der Waals surface area contributed by atoms with Gasteiger partial charge in [0, 0.05) is 19.3 Å². The lowest BCUT2D eigenvalue weighted by Gasteiger charge is -2.24. The molecule has 0 spiro atoms. The zero-order valence-electron chi connectivity index (χ0n) is 10.9. The van der Waals surface area contributed by atoms with E-state index in [1.54, 1.807) is 22.7 Å². The molecule has 0 aliphatic carbocycles. The van der Waals surface area contributed by atoms with Gasteiger partial charge in [-0.3, -0.25) is 14.4 Å². The van der Waals surface area contributed by atoms with Gasteiger partial charge in [0.2, 0.25) is 5.91 Å². The van der Waals surface area contributed by atoms with Crippen molar-refractivity contribution in [1.82, 2.24) is 9.78 Å². The Kier molecular flexibility index (Phi) is 3.46. The highest BCUT2D eigenvalue weighted by Crippen LogP contribution is 2.25. The lowest BCUT2D eigenvalue weighted by Crippen LogP contribution is -2.32. The number of hydrogen-bond donors (Lipinski definition) is 0. The van der Waals surface area contributed by atoms with Gasteiger partial charge in [-0.25, -0.2) is 0 Å². The Balaban J connectivity index is 2.39. The molecule has 0 aliphatic heterocycles. The number of para-hydroxylation sites is 1. The molecule has 2 rings (SSSR count). The standard InChI is InChI=1S/C14H17N3O/c1-11-6-4-7-12(2)14(11)17(13(3)18)10-16-9-5-8-15-16/h4-9H,10H2,1-3H3. The molecule has 0 unspecified atom stereocenters. The van der Waals surface area contributed by atoms with Crippen molar-refractivity contribution in [2.75, 3.05) is 4.90 Å². The first-order valence-corrected chi connectivity index (χ1v) is 5.91. The van der Waals surface area contributed by atoms with E-state index in [1.807, 2.05) is 44.3 Å². The van der Waals surface area contributed by atoms with E-state index < -0.39 is 0 Å². The molecule has 1 amide bonds. The van der Waals surface area contributed by atoms with Crippen LogP contribution < -0.4 is 4.90 Å². The molecule has 0 atom stereocenters. The summed E-state index contributed by atoms with van der Waals surface area (Å²) in [4.78, 5) is 13.6. The van der Waals surface area contributed by atoms with Crippen LogP contribution in [0.2, 0.25) is 0 Å². The monoisotopic (exact) mass is 243 g/mol. The van der Waals surface area contributed by atoms with E-state index in [-0.39, 0.29) is 5.91 Å². The molecule has 0 radical (unpaired) electrons. The molecule has 0 fully saturated rings. The van der Waals surface area contributed by atoms with Crippen LogP contribution in [0.25, 0.3) is 0 Å². The molecule has 1 aromatic carbocycles. The molecule has 94 valence electrons. The zero-order valence-corrected chi connectivity index (χ0v) is 10.9. The van der Waals surface area contributed by atoms with E-state index >= 15 is 0 Å². The maximum Gasteiger partial charge on any atom is 0.225 e. The molecular formula is C14H17N3O. The molecule has 4 nitrogen and oxygen atoms in total. The SMILES string of the molecule is CC(=O)N(Cn1cccn1)c1c(C)cccc1C. The van der Waals surface area contributed by atoms with E-state index in [2.05, 4.69) is 5.10 Å². The van der Waals surface area contributed by atoms with Crippen LogP contribution in [0.15, 0.2) is 36.7 Å². The fourth-order valence-electron chi connectivity index (χ4n) is 2.09. The van der Waals surface area contributed by atoms with Crippen molar-refractivity contribution < 1.29 is 4.79 Å². The van der Waals surface area contributed by atoms with Gasteiger partial charge >= 0.3 is 0 Å². The minimum absolute atomic E-state index is 0.0166. The van der Waals surface area contributed by atoms with Crippen LogP contribution in [0.1, 0.15) is 18.1 Å². The fourth-order valence-corrected chi connectivity index (χ4v) is 2.09. The van der Waals surface area contributed by atoms with Gasteiger partial charge in [-0.2, -0.15) is 5.10 Å². The Morgan fingerprint density at radius 1 is 1.28 bits per heavy atom. The maximum absolute atomic E-state index is 11.9. The van der Waals surface area contributed by atoms with Crippen molar-refractivity contribution >= 4 is 11.6 Å². The summed E-state index contributed by atoms with van der Waals surface area (Å²) in [6.45, 7) is 6.05. The van der Waals surface area contributed by atoms with Crippen molar-refractivity contribution in [1.29, 1.82) is 0 Å². The molecule has 0 saturated heterocycles. The number of amides is 1. The fraction of sp³-hybridized carbons (Fsp3) is 0.286. The average molecular weight is 243 g/mol. The maximum atomic E-state index is 11.9. The molecule has 0 saturated carbocycles. The second-order valence-corrected chi connectivity index (χ2v) is 4.37. The van der Waals surface area contributed by atoms with Gasteiger partial charge < -0.3 is 0 Å². The highest BCUT2D eigenvalue weighted by atomic mass is 16.2. The Morgan fingerprint density at radius 2 is 1.94 bits per heavy atom. The quantitative estimate of drug-likeness (QED) is 0.830. The van der Waals surface area contributed by atoms with Crippen LogP contribution in [-0.4, -0.2) is 15.7 Å². The number of rotatable bonds is 3. The van der Waals surface area contributed by atoms with Gasteiger partial charge in [0.25, 0.3) is 0 Å². The molecule has 0 aliphatic rings. The number of nitrogens with zero attached hydrogens (tertiary/aromatic N) is 3. The van der Waals surface area contributed by atoms with E-state index in [0.29, 0.717) is 6.67 Å². The van der Waals surface area contributed by atoms with E-state index in [0.717, 1.165) is 16.8 Å². The Hall–Kier alpha value is -2.10. The van der Waals surface area contributed by atoms with Crippen molar-refractivity contribution in [3.8, 4) is 0 Å². The Labute approximate surface area is 107 Å². The largest absolute Gasteiger partial charge is 0.292 e. The third-order valence-electron chi connectivity index (χ3n) is 2.94. The summed E-state index contributed by atoms with van der Waals surface area (Å²) in [5.41, 5.74) is 3.16. The molecule has 18 heavy (non-hydrogen) atoms. The van der Waals surface area contributed by atoms with Gasteiger partial charge in [-0.05, 0) is 31.0 Å². The van der Waals surface area contributed by atoms with Crippen molar-refractivity contribution in [2.24, 2.45) is 0 Å². The van der Waals surface area contributed by atoms with Crippen LogP contribution in [0, 0.1) is 13.8 Å². The number of carbonyl (C=O) groups excluding carboxylic acids is 1. The number of carbonyl (C=O) groups is 1. The summed E-state index contributed by atoms with van der Waals surface area (Å²) < 4.78 is 1.74. The van der Waals surface area contributed by atoms with Gasteiger partial charge in [-0.15, -0.1) is 0 Å². The number of hydrogen-bond acceptors (Lipinski definition) is 2. The highest BCUT2D eigenvalue weighted by Gasteiger charge is 2.16. The van der Waals surface area contributed by atoms with Gasteiger partial charge in [0.05, 0.1) is 5.69 Å². The van der Waals surface area contributed by atoms with Crippen molar-refractivity contribution in [3.05, 3.63) is 47.8 Å². The van der Waals surface area contributed by atoms with Crippen LogP contribution in [0.5, 0.6) is 0 Å². The summed E-state index contributed by atoms with van der Waals surface area (Å²) in [5.74, 6) is 0.0166. The second-order valence-electron chi connectivity index (χ2n) is 4.37. The minimum atomic E-state index is 0.0166. The first-order chi connectivity index (χ1) is 8.59. The normalized spacial score (nSPS) is 10.4. The van der Waals surface area contributed by atoms with Crippen LogP contribution >= 0.6 is 0 Å². The summed E-state index contributed by atoms with van der Waals surface area (Å²) in [5, 5.41) is 4.15. The molecule has 1 heterocycles. The predicted molar refractivity (Wildman–Crippen MR) is 71.3 cm³/mol. The highest BCUT2D eigenvalue weighted by molar-refractivity contribution is 5.92. The summed E-state index contributed by atoms with van der Waals surface area (Å²) >= 11 is 0. The Bertz CT molecular complexity index is 526. The topological polar surface area (TPSA) is 38.1 Å². The molecular weight excluding hydrogens is 226 g/mol. The average Bonchev–Trinajstić information content (AvgIpc) is 2.80. The number of aromatic nitrogens is 2. The molecule has 1 aromatic heterocycles. The van der Waals surface area contributed by atoms with Gasteiger partial charge in [-0.1, -0.05) is 18.2 Å². The summed E-state index contributed by atoms with van der Waals surface area (Å²) in [7, 11) is 0. The molecule has 2 aromatic rings. The zero-order chi connectivity index (χ0) is 13.1. The third kappa shape index (κ3) is 2.42. The van der Waals surface area contributed by atoms with E-state index in [1.165, 1.54) is 0 Å². The number of aryl methyl sites for hydroxylation is 2. The summed E-state index contributed by atoms with van der Waals surface area (Å²) in [6, 6.07) is 7.88. The van der Waals surface area contributed by atoms with Gasteiger partial charge in [0.15, 0.2) is 0 Å². The van der Waals surface area contributed by atoms with Crippen LogP contribution in [0.3, 0.4) is 0 Å². The number of anilines is 1. The second kappa shape index (κ2) is 5.04. The van der Waals surface area contributed by atoms with Crippen LogP contribution in [-0.2, 0) is 11.5 Å². The van der Waals surface area contributed by atoms with E-state index in [9.17, 15) is 4.79 Å². The minimum Gasteiger partial charge on any atom is -0.292 e. The van der Waals surface area contributed by atoms with Crippen molar-refractivity contribution in [2.45, 2.75) is 27.4 Å². The lowest BCUT2D eigenvalue weighted by molar-refractivity contribution is -0.117. The molecule has 4 heteroatoms. The molecule has 0 N–H and O–H groups in total.